The molecule has 2 heteroatoms. The Kier molecular flexibility index (Phi) is 8.19. The summed E-state index contributed by atoms with van der Waals surface area (Å²) in [5.74, 6) is 0. The van der Waals surface area contributed by atoms with Crippen LogP contribution in [0.5, 0.6) is 0 Å². The van der Waals surface area contributed by atoms with Crippen LogP contribution in [0.3, 0.4) is 0 Å². The molecule has 2 nitrogen and oxygen atoms in total. The molecule has 0 unspecified atom stereocenters. The molecule has 9 aromatic carbocycles. The van der Waals surface area contributed by atoms with Crippen LogP contribution in [0, 0.1) is 0 Å². The molecule has 11 aromatic rings. The molecule has 0 fully saturated rings. The summed E-state index contributed by atoms with van der Waals surface area (Å²) in [4.78, 5) is 8.83. The lowest BCUT2D eigenvalue weighted by atomic mass is 9.80. The summed E-state index contributed by atoms with van der Waals surface area (Å²) >= 11 is 0. The minimum atomic E-state index is 1.13. The monoisotopic (exact) mass is 736 g/mol. The second kappa shape index (κ2) is 14.1. The van der Waals surface area contributed by atoms with Crippen molar-refractivity contribution >= 4 is 43.1 Å². The van der Waals surface area contributed by atoms with Crippen LogP contribution in [-0.4, -0.2) is 9.97 Å². The molecule has 0 aliphatic heterocycles. The van der Waals surface area contributed by atoms with E-state index in [-0.39, 0.29) is 0 Å². The molecular formula is C56H36N2. The van der Waals surface area contributed by atoms with Gasteiger partial charge in [0.15, 0.2) is 0 Å². The third-order valence-corrected chi connectivity index (χ3v) is 11.7. The molecule has 11 rings (SSSR count). The van der Waals surface area contributed by atoms with Crippen LogP contribution in [0.1, 0.15) is 0 Å². The smallest absolute Gasteiger partial charge is 0.0273 e. The van der Waals surface area contributed by atoms with Gasteiger partial charge in [-0.1, -0.05) is 146 Å². The Morgan fingerprint density at radius 3 is 1.21 bits per heavy atom. The first-order valence-electron chi connectivity index (χ1n) is 19.8. The van der Waals surface area contributed by atoms with Crippen molar-refractivity contribution in [2.24, 2.45) is 0 Å². The lowest BCUT2D eigenvalue weighted by Gasteiger charge is -2.23. The first kappa shape index (κ1) is 33.6. The Bertz CT molecular complexity index is 3300. The van der Waals surface area contributed by atoms with Gasteiger partial charge in [0, 0.05) is 24.8 Å². The number of fused-ring (bicyclic) bond motifs is 5. The molecule has 0 bridgehead atoms. The van der Waals surface area contributed by atoms with Gasteiger partial charge in [0.05, 0.1) is 0 Å². The van der Waals surface area contributed by atoms with Crippen LogP contribution in [0.25, 0.3) is 110 Å². The Morgan fingerprint density at radius 1 is 0.224 bits per heavy atom. The van der Waals surface area contributed by atoms with Crippen LogP contribution in [-0.2, 0) is 0 Å². The predicted molar refractivity (Wildman–Crippen MR) is 245 cm³/mol. The van der Waals surface area contributed by atoms with Gasteiger partial charge >= 0.3 is 0 Å². The number of hydrogen-bond acceptors (Lipinski definition) is 2. The fraction of sp³-hybridized carbons (Fsp3) is 0. The standard InChI is InChI=1S/C56H36N2/c1-3-11-37(12-4-1)42-21-23-48(50(33-42)40-25-29-57-30-26-40)55-46-17-9-10-18-47(46)56(54-36-52-44(35-53(54)55)20-19-39-15-7-8-16-45(39)52)49-24-22-43(38-13-5-2-6-14-38)34-51(49)41-27-31-58-32-28-41/h1-36H. The van der Waals surface area contributed by atoms with E-state index in [0.29, 0.717) is 0 Å². The highest BCUT2D eigenvalue weighted by atomic mass is 14.6. The van der Waals surface area contributed by atoms with Gasteiger partial charge in [-0.2, -0.15) is 0 Å². The molecule has 0 radical (unpaired) electrons. The maximum absolute atomic E-state index is 4.42. The van der Waals surface area contributed by atoms with E-state index in [9.17, 15) is 0 Å². The molecule has 0 N–H and O–H groups in total. The molecular weight excluding hydrogens is 701 g/mol. The minimum Gasteiger partial charge on any atom is -0.265 e. The van der Waals surface area contributed by atoms with Crippen molar-refractivity contribution in [3.8, 4) is 66.8 Å². The molecule has 0 amide bonds. The summed E-state index contributed by atoms with van der Waals surface area (Å²) in [6.07, 6.45) is 7.58. The largest absolute Gasteiger partial charge is 0.265 e. The molecule has 2 heterocycles. The van der Waals surface area contributed by atoms with Crippen molar-refractivity contribution < 1.29 is 0 Å². The summed E-state index contributed by atoms with van der Waals surface area (Å²) in [6, 6.07) is 71.0. The number of benzene rings is 9. The van der Waals surface area contributed by atoms with E-state index in [0.717, 1.165) is 11.1 Å². The zero-order valence-electron chi connectivity index (χ0n) is 31.7. The molecule has 0 aliphatic rings. The average molecular weight is 737 g/mol. The zero-order valence-corrected chi connectivity index (χ0v) is 31.7. The van der Waals surface area contributed by atoms with E-state index in [1.807, 2.05) is 24.8 Å². The molecule has 270 valence electrons. The van der Waals surface area contributed by atoms with Crippen molar-refractivity contribution in [1.29, 1.82) is 0 Å². The van der Waals surface area contributed by atoms with E-state index in [4.69, 9.17) is 0 Å². The van der Waals surface area contributed by atoms with Gasteiger partial charge in [-0.25, -0.2) is 0 Å². The molecule has 2 aromatic heterocycles. The third kappa shape index (κ3) is 5.74. The van der Waals surface area contributed by atoms with Crippen LogP contribution in [0.4, 0.5) is 0 Å². The van der Waals surface area contributed by atoms with Crippen LogP contribution >= 0.6 is 0 Å². The average Bonchev–Trinajstić information content (AvgIpc) is 3.31. The Hall–Kier alpha value is -7.68. The quantitative estimate of drug-likeness (QED) is 0.125. The number of nitrogens with zero attached hydrogens (tertiary/aromatic N) is 2. The summed E-state index contributed by atoms with van der Waals surface area (Å²) in [5.41, 5.74) is 14.2. The second-order valence-electron chi connectivity index (χ2n) is 14.9. The predicted octanol–water partition coefficient (Wildman–Crippen LogP) is 15.1. The van der Waals surface area contributed by atoms with Gasteiger partial charge in [0.25, 0.3) is 0 Å². The van der Waals surface area contributed by atoms with E-state index in [2.05, 4.69) is 204 Å². The summed E-state index contributed by atoms with van der Waals surface area (Å²) in [6.45, 7) is 0. The molecule has 0 spiro atoms. The van der Waals surface area contributed by atoms with Crippen molar-refractivity contribution in [1.82, 2.24) is 9.97 Å². The number of hydrogen-bond donors (Lipinski definition) is 0. The first-order valence-corrected chi connectivity index (χ1v) is 19.8. The van der Waals surface area contributed by atoms with Gasteiger partial charge in [-0.3, -0.25) is 9.97 Å². The first-order chi connectivity index (χ1) is 28.8. The van der Waals surface area contributed by atoms with Crippen molar-refractivity contribution in [3.63, 3.8) is 0 Å². The minimum absolute atomic E-state index is 1.13. The molecule has 0 aliphatic carbocycles. The normalized spacial score (nSPS) is 11.4. The molecule has 0 saturated carbocycles. The molecule has 0 saturated heterocycles. The molecule has 0 atom stereocenters. The van der Waals surface area contributed by atoms with Crippen molar-refractivity contribution in [3.05, 3.63) is 219 Å². The maximum Gasteiger partial charge on any atom is 0.0273 e. The van der Waals surface area contributed by atoms with Crippen molar-refractivity contribution in [2.75, 3.05) is 0 Å². The van der Waals surface area contributed by atoms with Gasteiger partial charge in [-0.05, 0) is 158 Å². The van der Waals surface area contributed by atoms with E-state index in [1.54, 1.807) is 0 Å². The Balaban J connectivity index is 1.30. The third-order valence-electron chi connectivity index (χ3n) is 11.7. The highest BCUT2D eigenvalue weighted by molar-refractivity contribution is 6.27. The Labute approximate surface area is 337 Å². The summed E-state index contributed by atoms with van der Waals surface area (Å²) in [5, 5.41) is 9.79. The summed E-state index contributed by atoms with van der Waals surface area (Å²) < 4.78 is 0. The number of rotatable bonds is 6. The van der Waals surface area contributed by atoms with Crippen LogP contribution in [0.15, 0.2) is 219 Å². The topological polar surface area (TPSA) is 25.8 Å². The van der Waals surface area contributed by atoms with Crippen LogP contribution in [0.2, 0.25) is 0 Å². The number of pyridine rings is 2. The van der Waals surface area contributed by atoms with E-state index >= 15 is 0 Å². The highest BCUT2D eigenvalue weighted by Gasteiger charge is 2.23. The zero-order chi connectivity index (χ0) is 38.4. The highest BCUT2D eigenvalue weighted by Crippen LogP contribution is 2.50. The van der Waals surface area contributed by atoms with Gasteiger partial charge in [0.1, 0.15) is 0 Å². The number of aromatic nitrogens is 2. The maximum atomic E-state index is 4.42. The summed E-state index contributed by atoms with van der Waals surface area (Å²) in [7, 11) is 0. The lowest BCUT2D eigenvalue weighted by Crippen LogP contribution is -1.96. The molecule has 58 heavy (non-hydrogen) atoms. The lowest BCUT2D eigenvalue weighted by molar-refractivity contribution is 1.33. The van der Waals surface area contributed by atoms with Crippen LogP contribution < -0.4 is 0 Å². The fourth-order valence-corrected chi connectivity index (χ4v) is 8.94. The van der Waals surface area contributed by atoms with Gasteiger partial charge in [-0.15, -0.1) is 0 Å². The Morgan fingerprint density at radius 2 is 0.672 bits per heavy atom. The van der Waals surface area contributed by atoms with Gasteiger partial charge < -0.3 is 0 Å². The SMILES string of the molecule is c1ccc(-c2ccc(-c3c4ccccc4c(-c4ccc(-c5ccccc5)cc4-c4ccncc4)c4cc5c(ccc6ccccc65)cc34)c(-c3ccncc3)c2)cc1. The fourth-order valence-electron chi connectivity index (χ4n) is 8.94. The van der Waals surface area contributed by atoms with Gasteiger partial charge in [0.2, 0.25) is 0 Å². The van der Waals surface area contributed by atoms with Crippen molar-refractivity contribution in [2.45, 2.75) is 0 Å². The van der Waals surface area contributed by atoms with E-state index < -0.39 is 0 Å². The second-order valence-corrected chi connectivity index (χ2v) is 14.9. The van der Waals surface area contributed by atoms with E-state index in [1.165, 1.54) is 98.7 Å².